The van der Waals surface area contributed by atoms with Gasteiger partial charge < -0.3 is 20.5 Å². The van der Waals surface area contributed by atoms with Crippen molar-refractivity contribution in [3.05, 3.63) is 40.1 Å². The second kappa shape index (κ2) is 9.58. The smallest absolute Gasteiger partial charge is 0.226 e. The number of rotatable bonds is 7. The fraction of sp³-hybridized carbons (Fsp3) is 0.400. The third kappa shape index (κ3) is 4.53. The maximum absolute atomic E-state index is 12.7. The predicted octanol–water partition coefficient (Wildman–Crippen LogP) is 5.27. The molecule has 0 fully saturated rings. The number of benzene rings is 1. The van der Waals surface area contributed by atoms with E-state index in [1.54, 1.807) is 22.7 Å². The zero-order valence-electron chi connectivity index (χ0n) is 19.9. The minimum absolute atomic E-state index is 0.0303. The molecule has 7 nitrogen and oxygen atoms in total. The summed E-state index contributed by atoms with van der Waals surface area (Å²) in [4.78, 5) is 19.0. The van der Waals surface area contributed by atoms with E-state index < -0.39 is 0 Å². The highest BCUT2D eigenvalue weighted by molar-refractivity contribution is 7.23. The quantitative estimate of drug-likeness (QED) is 0.324. The van der Waals surface area contributed by atoms with Crippen molar-refractivity contribution in [3.63, 3.8) is 0 Å². The van der Waals surface area contributed by atoms with E-state index in [0.29, 0.717) is 19.0 Å². The van der Waals surface area contributed by atoms with Crippen LogP contribution in [0.15, 0.2) is 22.7 Å². The number of amides is 1. The Morgan fingerprint density at radius 3 is 2.85 bits per heavy atom. The molecule has 0 bridgehead atoms. The van der Waals surface area contributed by atoms with Crippen molar-refractivity contribution in [1.29, 1.82) is 0 Å². The molecule has 0 atom stereocenters. The number of thiazole rings is 1. The van der Waals surface area contributed by atoms with Gasteiger partial charge in [0.05, 0.1) is 15.9 Å². The third-order valence-electron chi connectivity index (χ3n) is 6.01. The molecule has 1 aliphatic heterocycles. The summed E-state index contributed by atoms with van der Waals surface area (Å²) in [5, 5.41) is 15.9. The number of nitrogens with zero attached hydrogens (tertiary/aromatic N) is 2. The van der Waals surface area contributed by atoms with Crippen molar-refractivity contribution in [2.24, 2.45) is 0 Å². The number of hydrogen-bond donors (Lipinski definition) is 3. The standard InChI is InChI=1S/C25H29N5O2S2/c1-13(2)27-10-8-21(31)29-25-23(17-7-9-26-12-20(17)34-25)24-28-18-11-16(5-6-19(18)33-24)22-14(3)30-32-15(22)4/h5-6,11,13,26-27H,7-10,12H2,1-4H3,(H,29,31). The van der Waals surface area contributed by atoms with Crippen LogP contribution in [0.2, 0.25) is 0 Å². The molecule has 34 heavy (non-hydrogen) atoms. The van der Waals surface area contributed by atoms with Crippen molar-refractivity contribution in [2.75, 3.05) is 18.4 Å². The van der Waals surface area contributed by atoms with Gasteiger partial charge in [0, 0.05) is 41.6 Å². The first-order chi connectivity index (χ1) is 16.4. The van der Waals surface area contributed by atoms with Crippen LogP contribution in [-0.2, 0) is 17.8 Å². The average Bonchev–Trinajstić information content (AvgIpc) is 3.47. The van der Waals surface area contributed by atoms with Crippen LogP contribution in [0.25, 0.3) is 31.9 Å². The first kappa shape index (κ1) is 23.2. The van der Waals surface area contributed by atoms with Gasteiger partial charge in [-0.15, -0.1) is 22.7 Å². The zero-order chi connectivity index (χ0) is 23.8. The lowest BCUT2D eigenvalue weighted by molar-refractivity contribution is -0.116. The maximum Gasteiger partial charge on any atom is 0.226 e. The van der Waals surface area contributed by atoms with Gasteiger partial charge in [-0.05, 0) is 50.1 Å². The van der Waals surface area contributed by atoms with Gasteiger partial charge in [0.1, 0.15) is 15.8 Å². The summed E-state index contributed by atoms with van der Waals surface area (Å²) >= 11 is 3.35. The second-order valence-electron chi connectivity index (χ2n) is 8.94. The number of anilines is 1. The van der Waals surface area contributed by atoms with E-state index in [1.807, 2.05) is 13.8 Å². The average molecular weight is 496 g/mol. The number of fused-ring (bicyclic) bond motifs is 2. The SMILES string of the molecule is Cc1noc(C)c1-c1ccc2sc(-c3c(NC(=O)CCNC(C)C)sc4c3CCNC4)nc2c1. The van der Waals surface area contributed by atoms with E-state index in [4.69, 9.17) is 9.51 Å². The highest BCUT2D eigenvalue weighted by atomic mass is 32.1. The first-order valence-corrected chi connectivity index (χ1v) is 13.3. The highest BCUT2D eigenvalue weighted by Crippen LogP contribution is 2.45. The van der Waals surface area contributed by atoms with Crippen molar-refractivity contribution in [3.8, 4) is 21.7 Å². The Labute approximate surface area is 207 Å². The first-order valence-electron chi connectivity index (χ1n) is 11.6. The van der Waals surface area contributed by atoms with Gasteiger partial charge in [-0.1, -0.05) is 25.1 Å². The van der Waals surface area contributed by atoms with Gasteiger partial charge in [-0.25, -0.2) is 4.98 Å². The van der Waals surface area contributed by atoms with E-state index in [9.17, 15) is 4.79 Å². The fourth-order valence-corrected chi connectivity index (χ4v) is 6.72. The number of aromatic nitrogens is 2. The van der Waals surface area contributed by atoms with Gasteiger partial charge in [0.2, 0.25) is 5.91 Å². The lowest BCUT2D eigenvalue weighted by Gasteiger charge is -2.13. The van der Waals surface area contributed by atoms with Gasteiger partial charge in [-0.3, -0.25) is 4.79 Å². The third-order valence-corrected chi connectivity index (χ3v) is 8.21. The molecule has 5 rings (SSSR count). The number of carbonyl (C=O) groups excluding carboxylic acids is 1. The van der Waals surface area contributed by atoms with Crippen LogP contribution >= 0.6 is 22.7 Å². The van der Waals surface area contributed by atoms with Gasteiger partial charge in [0.15, 0.2) is 0 Å². The van der Waals surface area contributed by atoms with Crippen LogP contribution in [0.1, 0.15) is 42.2 Å². The largest absolute Gasteiger partial charge is 0.361 e. The number of carbonyl (C=O) groups is 1. The fourth-order valence-electron chi connectivity index (χ4n) is 4.40. The molecule has 0 saturated heterocycles. The summed E-state index contributed by atoms with van der Waals surface area (Å²) in [7, 11) is 0. The van der Waals surface area contributed by atoms with Crippen LogP contribution in [-0.4, -0.2) is 35.2 Å². The maximum atomic E-state index is 12.7. The van der Waals surface area contributed by atoms with Crippen molar-refractivity contribution in [1.82, 2.24) is 20.8 Å². The van der Waals surface area contributed by atoms with Crippen LogP contribution in [0, 0.1) is 13.8 Å². The number of thiophene rings is 1. The predicted molar refractivity (Wildman–Crippen MR) is 140 cm³/mol. The molecule has 3 N–H and O–H groups in total. The normalized spacial score (nSPS) is 13.6. The molecule has 0 unspecified atom stereocenters. The summed E-state index contributed by atoms with van der Waals surface area (Å²) in [5.41, 5.74) is 6.31. The monoisotopic (exact) mass is 495 g/mol. The molecule has 9 heteroatoms. The van der Waals surface area contributed by atoms with Crippen molar-refractivity contribution in [2.45, 2.75) is 53.1 Å². The summed E-state index contributed by atoms with van der Waals surface area (Å²) in [5.74, 6) is 0.839. The Balaban J connectivity index is 1.50. The second-order valence-corrected chi connectivity index (χ2v) is 11.1. The van der Waals surface area contributed by atoms with E-state index in [1.165, 1.54) is 10.4 Å². The molecule has 4 aromatic rings. The number of aryl methyl sites for hydroxylation is 2. The molecule has 1 aliphatic rings. The number of nitrogens with one attached hydrogen (secondary N) is 3. The van der Waals surface area contributed by atoms with Crippen LogP contribution in [0.3, 0.4) is 0 Å². The van der Waals surface area contributed by atoms with E-state index in [-0.39, 0.29) is 5.91 Å². The minimum Gasteiger partial charge on any atom is -0.361 e. The Morgan fingerprint density at radius 2 is 2.09 bits per heavy atom. The zero-order valence-corrected chi connectivity index (χ0v) is 21.5. The molecule has 1 aromatic carbocycles. The van der Waals surface area contributed by atoms with Gasteiger partial charge >= 0.3 is 0 Å². The molecule has 0 saturated carbocycles. The van der Waals surface area contributed by atoms with Crippen LogP contribution < -0.4 is 16.0 Å². The molecule has 0 radical (unpaired) electrons. The van der Waals surface area contributed by atoms with Crippen LogP contribution in [0.5, 0.6) is 0 Å². The topological polar surface area (TPSA) is 92.1 Å². The lowest BCUT2D eigenvalue weighted by atomic mass is 10.0. The Hall–Kier alpha value is -2.59. The highest BCUT2D eigenvalue weighted by Gasteiger charge is 2.25. The summed E-state index contributed by atoms with van der Waals surface area (Å²) < 4.78 is 6.49. The minimum atomic E-state index is 0.0303. The number of hydrogen-bond acceptors (Lipinski definition) is 8. The van der Waals surface area contributed by atoms with Gasteiger partial charge in [0.25, 0.3) is 0 Å². The van der Waals surface area contributed by atoms with E-state index in [2.05, 4.69) is 53.2 Å². The summed E-state index contributed by atoms with van der Waals surface area (Å²) in [6, 6.07) is 6.70. The molecule has 0 aliphatic carbocycles. The Kier molecular flexibility index (Phi) is 6.52. The molecule has 4 heterocycles. The summed E-state index contributed by atoms with van der Waals surface area (Å²) in [6.07, 6.45) is 1.38. The lowest BCUT2D eigenvalue weighted by Crippen LogP contribution is -2.27. The summed E-state index contributed by atoms with van der Waals surface area (Å²) in [6.45, 7) is 10.5. The molecular formula is C25H29N5O2S2. The molecule has 1 amide bonds. The molecule has 0 spiro atoms. The van der Waals surface area contributed by atoms with E-state index in [0.717, 1.165) is 67.9 Å². The molecule has 178 valence electrons. The Morgan fingerprint density at radius 1 is 1.24 bits per heavy atom. The van der Waals surface area contributed by atoms with Crippen molar-refractivity contribution < 1.29 is 9.32 Å². The van der Waals surface area contributed by atoms with Crippen molar-refractivity contribution >= 4 is 43.8 Å². The van der Waals surface area contributed by atoms with Crippen LogP contribution in [0.4, 0.5) is 5.00 Å². The Bertz CT molecular complexity index is 1330. The van der Waals surface area contributed by atoms with Gasteiger partial charge in [-0.2, -0.15) is 0 Å². The molecule has 3 aromatic heterocycles. The van der Waals surface area contributed by atoms with E-state index >= 15 is 0 Å². The molecular weight excluding hydrogens is 466 g/mol.